The molecule has 0 radical (unpaired) electrons. The SMILES string of the molecule is CC.CC(=O)N1CCC2(CC1)CC(C)CO2. The van der Waals surface area contributed by atoms with E-state index in [2.05, 4.69) is 6.92 Å². The number of hydrogen-bond donors (Lipinski definition) is 0. The van der Waals surface area contributed by atoms with Gasteiger partial charge in [-0.25, -0.2) is 0 Å². The Hall–Kier alpha value is -0.570. The number of amides is 1. The first-order valence-corrected chi connectivity index (χ1v) is 6.51. The van der Waals surface area contributed by atoms with Crippen LogP contribution in [0.3, 0.4) is 0 Å². The van der Waals surface area contributed by atoms with Crippen molar-refractivity contribution >= 4 is 5.91 Å². The summed E-state index contributed by atoms with van der Waals surface area (Å²) in [6.07, 6.45) is 3.23. The molecule has 94 valence electrons. The Bertz CT molecular complexity index is 232. The van der Waals surface area contributed by atoms with Crippen LogP contribution in [0.25, 0.3) is 0 Å². The fraction of sp³-hybridized carbons (Fsp3) is 0.923. The molecule has 2 saturated heterocycles. The molecule has 0 saturated carbocycles. The molecule has 0 aliphatic carbocycles. The maximum Gasteiger partial charge on any atom is 0.219 e. The van der Waals surface area contributed by atoms with E-state index >= 15 is 0 Å². The molecule has 3 heteroatoms. The highest BCUT2D eigenvalue weighted by molar-refractivity contribution is 5.73. The summed E-state index contributed by atoms with van der Waals surface area (Å²) in [5, 5.41) is 0. The van der Waals surface area contributed by atoms with E-state index in [4.69, 9.17) is 4.74 Å². The Morgan fingerprint density at radius 3 is 2.25 bits per heavy atom. The molecule has 1 unspecified atom stereocenters. The van der Waals surface area contributed by atoms with Gasteiger partial charge in [-0.05, 0) is 25.2 Å². The highest BCUT2D eigenvalue weighted by atomic mass is 16.5. The maximum absolute atomic E-state index is 11.2. The largest absolute Gasteiger partial charge is 0.375 e. The molecule has 0 aromatic heterocycles. The van der Waals surface area contributed by atoms with Gasteiger partial charge in [0.2, 0.25) is 5.91 Å². The lowest BCUT2D eigenvalue weighted by atomic mass is 9.86. The Morgan fingerprint density at radius 1 is 1.31 bits per heavy atom. The van der Waals surface area contributed by atoms with Gasteiger partial charge < -0.3 is 9.64 Å². The molecule has 0 aromatic carbocycles. The molecule has 2 aliphatic rings. The average molecular weight is 227 g/mol. The number of ether oxygens (including phenoxy) is 1. The van der Waals surface area contributed by atoms with Crippen molar-refractivity contribution in [2.24, 2.45) is 5.92 Å². The molecule has 2 rings (SSSR count). The standard InChI is InChI=1S/C11H19NO2.C2H6/c1-9-7-11(14-8-9)3-5-12(6-4-11)10(2)13;1-2/h9H,3-8H2,1-2H3;1-2H3. The molecule has 1 spiro atoms. The Balaban J connectivity index is 0.000000606. The monoisotopic (exact) mass is 227 g/mol. The number of carbonyl (C=O) groups is 1. The molecule has 16 heavy (non-hydrogen) atoms. The highest BCUT2D eigenvalue weighted by Crippen LogP contribution is 2.38. The zero-order valence-electron chi connectivity index (χ0n) is 11.1. The quantitative estimate of drug-likeness (QED) is 0.636. The van der Waals surface area contributed by atoms with Crippen LogP contribution in [0.4, 0.5) is 0 Å². The normalized spacial score (nSPS) is 27.5. The zero-order chi connectivity index (χ0) is 12.2. The maximum atomic E-state index is 11.2. The van der Waals surface area contributed by atoms with Crippen molar-refractivity contribution in [2.75, 3.05) is 19.7 Å². The molecule has 0 aromatic rings. The first-order valence-electron chi connectivity index (χ1n) is 6.51. The molecule has 2 fully saturated rings. The van der Waals surface area contributed by atoms with Crippen molar-refractivity contribution in [3.63, 3.8) is 0 Å². The summed E-state index contributed by atoms with van der Waals surface area (Å²) < 4.78 is 5.88. The van der Waals surface area contributed by atoms with Gasteiger partial charge in [-0.1, -0.05) is 20.8 Å². The zero-order valence-corrected chi connectivity index (χ0v) is 11.1. The van der Waals surface area contributed by atoms with Crippen LogP contribution in [0.15, 0.2) is 0 Å². The lowest BCUT2D eigenvalue weighted by Crippen LogP contribution is -2.45. The molecular weight excluding hydrogens is 202 g/mol. The summed E-state index contributed by atoms with van der Waals surface area (Å²) in [5.74, 6) is 0.893. The third-order valence-electron chi connectivity index (χ3n) is 3.51. The molecule has 1 amide bonds. The number of carbonyl (C=O) groups excluding carboxylic acids is 1. The van der Waals surface area contributed by atoms with Gasteiger partial charge in [-0.3, -0.25) is 4.79 Å². The average Bonchev–Trinajstić information content (AvgIpc) is 2.64. The number of piperidine rings is 1. The van der Waals surface area contributed by atoms with E-state index in [1.165, 1.54) is 6.42 Å². The Kier molecular flexibility index (Phi) is 4.78. The van der Waals surface area contributed by atoms with Crippen LogP contribution in [-0.4, -0.2) is 36.1 Å². The van der Waals surface area contributed by atoms with Crippen molar-refractivity contribution in [3.8, 4) is 0 Å². The summed E-state index contributed by atoms with van der Waals surface area (Å²) in [7, 11) is 0. The van der Waals surface area contributed by atoms with Crippen molar-refractivity contribution in [1.82, 2.24) is 4.90 Å². The molecular formula is C13H25NO2. The molecule has 1 atom stereocenters. The van der Waals surface area contributed by atoms with Crippen molar-refractivity contribution in [3.05, 3.63) is 0 Å². The fourth-order valence-electron chi connectivity index (χ4n) is 2.65. The van der Waals surface area contributed by atoms with E-state index in [9.17, 15) is 4.79 Å². The van der Waals surface area contributed by atoms with Gasteiger partial charge in [-0.15, -0.1) is 0 Å². The molecule has 0 bridgehead atoms. The number of nitrogens with zero attached hydrogens (tertiary/aromatic N) is 1. The first-order chi connectivity index (χ1) is 7.61. The van der Waals surface area contributed by atoms with E-state index in [0.717, 1.165) is 32.5 Å². The second-order valence-electron chi connectivity index (χ2n) is 4.81. The van der Waals surface area contributed by atoms with E-state index in [1.54, 1.807) is 6.92 Å². The van der Waals surface area contributed by atoms with Gasteiger partial charge in [0.05, 0.1) is 5.60 Å². The molecule has 2 heterocycles. The predicted molar refractivity (Wildman–Crippen MR) is 65.3 cm³/mol. The summed E-state index contributed by atoms with van der Waals surface area (Å²) in [5.41, 5.74) is 0.116. The fourth-order valence-corrected chi connectivity index (χ4v) is 2.65. The predicted octanol–water partition coefficient (Wildman–Crippen LogP) is 2.45. The van der Waals surface area contributed by atoms with Gasteiger partial charge in [0, 0.05) is 26.6 Å². The van der Waals surface area contributed by atoms with Crippen LogP contribution >= 0.6 is 0 Å². The molecule has 2 aliphatic heterocycles. The highest BCUT2D eigenvalue weighted by Gasteiger charge is 2.41. The van der Waals surface area contributed by atoms with Crippen molar-refractivity contribution in [1.29, 1.82) is 0 Å². The third-order valence-corrected chi connectivity index (χ3v) is 3.51. The summed E-state index contributed by atoms with van der Waals surface area (Å²) in [4.78, 5) is 13.1. The van der Waals surface area contributed by atoms with Crippen LogP contribution in [-0.2, 0) is 9.53 Å². The van der Waals surface area contributed by atoms with Crippen LogP contribution in [0.5, 0.6) is 0 Å². The first kappa shape index (κ1) is 13.5. The van der Waals surface area contributed by atoms with E-state index < -0.39 is 0 Å². The minimum absolute atomic E-state index is 0.116. The van der Waals surface area contributed by atoms with Gasteiger partial charge in [0.1, 0.15) is 0 Å². The van der Waals surface area contributed by atoms with Crippen LogP contribution in [0.2, 0.25) is 0 Å². The van der Waals surface area contributed by atoms with Crippen molar-refractivity contribution in [2.45, 2.75) is 52.6 Å². The minimum Gasteiger partial charge on any atom is -0.375 e. The van der Waals surface area contributed by atoms with Gasteiger partial charge >= 0.3 is 0 Å². The minimum atomic E-state index is 0.116. The van der Waals surface area contributed by atoms with E-state index in [0.29, 0.717) is 5.92 Å². The molecule has 3 nitrogen and oxygen atoms in total. The van der Waals surface area contributed by atoms with Gasteiger partial charge in [0.15, 0.2) is 0 Å². The Labute approximate surface area is 99.1 Å². The van der Waals surface area contributed by atoms with Crippen LogP contribution < -0.4 is 0 Å². The van der Waals surface area contributed by atoms with E-state index in [1.807, 2.05) is 18.7 Å². The number of rotatable bonds is 0. The number of hydrogen-bond acceptors (Lipinski definition) is 2. The second-order valence-corrected chi connectivity index (χ2v) is 4.81. The smallest absolute Gasteiger partial charge is 0.219 e. The second kappa shape index (κ2) is 5.67. The van der Waals surface area contributed by atoms with E-state index in [-0.39, 0.29) is 11.5 Å². The summed E-state index contributed by atoms with van der Waals surface area (Å²) in [6, 6.07) is 0. The lowest BCUT2D eigenvalue weighted by molar-refractivity contribution is -0.133. The Morgan fingerprint density at radius 2 is 1.88 bits per heavy atom. The third kappa shape index (κ3) is 2.97. The van der Waals surface area contributed by atoms with Crippen LogP contribution in [0.1, 0.15) is 47.0 Å². The van der Waals surface area contributed by atoms with Crippen LogP contribution in [0, 0.1) is 5.92 Å². The van der Waals surface area contributed by atoms with Gasteiger partial charge in [-0.2, -0.15) is 0 Å². The topological polar surface area (TPSA) is 29.5 Å². The lowest BCUT2D eigenvalue weighted by Gasteiger charge is -2.38. The van der Waals surface area contributed by atoms with Crippen molar-refractivity contribution < 1.29 is 9.53 Å². The molecule has 0 N–H and O–H groups in total. The number of likely N-dealkylation sites (tertiary alicyclic amines) is 1. The van der Waals surface area contributed by atoms with Gasteiger partial charge in [0.25, 0.3) is 0 Å². The summed E-state index contributed by atoms with van der Waals surface area (Å²) in [6.45, 7) is 10.5. The summed E-state index contributed by atoms with van der Waals surface area (Å²) >= 11 is 0.